The second-order valence-electron chi connectivity index (χ2n) is 4.12. The predicted octanol–water partition coefficient (Wildman–Crippen LogP) is 2.97. The Bertz CT molecular complexity index is 258. The second-order valence-corrected chi connectivity index (χ2v) is 8.34. The molecule has 0 bridgehead atoms. The molecule has 1 aromatic rings. The van der Waals surface area contributed by atoms with Gasteiger partial charge in [-0.1, -0.05) is 25.0 Å². The molecule has 3 heteroatoms. The molecule has 2 rings (SSSR count). The van der Waals surface area contributed by atoms with Gasteiger partial charge in [0.25, 0.3) is 0 Å². The van der Waals surface area contributed by atoms with Crippen molar-refractivity contribution >= 4 is 20.1 Å². The zero-order chi connectivity index (χ0) is 9.80. The summed E-state index contributed by atoms with van der Waals surface area (Å²) < 4.78 is 5.38. The maximum Gasteiger partial charge on any atom is 0.0762 e. The first-order valence-corrected chi connectivity index (χ1v) is 8.62. The SMILES string of the molecule is COC[SiH]1CCCCC1c1cccs1. The lowest BCUT2D eigenvalue weighted by Crippen LogP contribution is -2.31. The van der Waals surface area contributed by atoms with Crippen LogP contribution in [0.2, 0.25) is 6.04 Å². The lowest BCUT2D eigenvalue weighted by atomic mass is 10.1. The quantitative estimate of drug-likeness (QED) is 0.720. The predicted molar refractivity (Wildman–Crippen MR) is 64.7 cm³/mol. The van der Waals surface area contributed by atoms with E-state index in [1.165, 1.54) is 25.3 Å². The first-order chi connectivity index (χ1) is 6.92. The monoisotopic (exact) mass is 226 g/mol. The van der Waals surface area contributed by atoms with E-state index in [0.29, 0.717) is 0 Å². The number of hydrogen-bond donors (Lipinski definition) is 0. The average molecular weight is 226 g/mol. The van der Waals surface area contributed by atoms with Crippen molar-refractivity contribution in [3.63, 3.8) is 0 Å². The first kappa shape index (κ1) is 10.4. The minimum atomic E-state index is -0.646. The van der Waals surface area contributed by atoms with Crippen LogP contribution in [0.3, 0.4) is 0 Å². The van der Waals surface area contributed by atoms with Crippen molar-refractivity contribution in [1.29, 1.82) is 0 Å². The zero-order valence-corrected chi connectivity index (χ0v) is 10.7. The molecular weight excluding hydrogens is 208 g/mol. The molecule has 0 spiro atoms. The molecule has 0 aliphatic carbocycles. The van der Waals surface area contributed by atoms with Gasteiger partial charge in [0.2, 0.25) is 0 Å². The Balaban J connectivity index is 2.06. The molecule has 14 heavy (non-hydrogen) atoms. The Labute approximate surface area is 91.7 Å². The van der Waals surface area contributed by atoms with Crippen LogP contribution in [-0.4, -0.2) is 22.1 Å². The third-order valence-electron chi connectivity index (χ3n) is 3.20. The van der Waals surface area contributed by atoms with Gasteiger partial charge in [0, 0.05) is 18.2 Å². The van der Waals surface area contributed by atoms with Gasteiger partial charge in [-0.15, -0.1) is 11.3 Å². The summed E-state index contributed by atoms with van der Waals surface area (Å²) in [6.07, 6.45) is 5.36. The summed E-state index contributed by atoms with van der Waals surface area (Å²) in [6, 6.07) is 5.99. The van der Waals surface area contributed by atoms with E-state index in [9.17, 15) is 0 Å². The lowest BCUT2D eigenvalue weighted by Gasteiger charge is -2.29. The largest absolute Gasteiger partial charge is 0.388 e. The van der Waals surface area contributed by atoms with Crippen LogP contribution in [0.25, 0.3) is 0 Å². The standard InChI is InChI=1S/C11H18OSSi/c1-12-9-14-8-3-2-6-11(14)10-5-4-7-13-10/h4-5,7,11,14H,2-3,6,8-9H2,1H3. The van der Waals surface area contributed by atoms with Gasteiger partial charge in [0.1, 0.15) is 0 Å². The molecule has 0 aromatic carbocycles. The van der Waals surface area contributed by atoms with Crippen LogP contribution in [0, 0.1) is 0 Å². The molecule has 2 heterocycles. The van der Waals surface area contributed by atoms with Crippen LogP contribution >= 0.6 is 11.3 Å². The molecule has 0 radical (unpaired) electrons. The van der Waals surface area contributed by atoms with Crippen LogP contribution in [0.5, 0.6) is 0 Å². The normalized spacial score (nSPS) is 27.8. The third kappa shape index (κ3) is 2.27. The third-order valence-corrected chi connectivity index (χ3v) is 8.19. The van der Waals surface area contributed by atoms with Crippen LogP contribution in [-0.2, 0) is 4.74 Å². The Morgan fingerprint density at radius 1 is 1.57 bits per heavy atom. The molecule has 78 valence electrons. The van der Waals surface area contributed by atoms with E-state index in [1.807, 2.05) is 18.4 Å². The summed E-state index contributed by atoms with van der Waals surface area (Å²) >= 11 is 1.94. The van der Waals surface area contributed by atoms with Gasteiger partial charge in [-0.05, 0) is 23.4 Å². The summed E-state index contributed by atoms with van der Waals surface area (Å²) in [5.74, 6) is 0. The highest BCUT2D eigenvalue weighted by molar-refractivity contribution is 7.10. The highest BCUT2D eigenvalue weighted by Gasteiger charge is 2.28. The Morgan fingerprint density at radius 3 is 3.21 bits per heavy atom. The maximum atomic E-state index is 5.38. The minimum Gasteiger partial charge on any atom is -0.388 e. The number of hydrogen-bond acceptors (Lipinski definition) is 2. The van der Waals surface area contributed by atoms with Gasteiger partial charge < -0.3 is 4.74 Å². The van der Waals surface area contributed by atoms with Gasteiger partial charge in [0.15, 0.2) is 0 Å². The molecule has 0 N–H and O–H groups in total. The fraction of sp³-hybridized carbons (Fsp3) is 0.636. The molecule has 1 fully saturated rings. The molecule has 0 saturated carbocycles. The molecule has 0 amide bonds. The number of thiophene rings is 1. The highest BCUT2D eigenvalue weighted by atomic mass is 32.1. The zero-order valence-electron chi connectivity index (χ0n) is 8.74. The number of methoxy groups -OCH3 is 1. The minimum absolute atomic E-state index is 0.646. The first-order valence-electron chi connectivity index (χ1n) is 5.44. The van der Waals surface area contributed by atoms with Crippen molar-refractivity contribution in [2.45, 2.75) is 30.8 Å². The van der Waals surface area contributed by atoms with Crippen LogP contribution in [0.1, 0.15) is 29.7 Å². The summed E-state index contributed by atoms with van der Waals surface area (Å²) in [5.41, 5.74) is 0.906. The molecule has 2 unspecified atom stereocenters. The van der Waals surface area contributed by atoms with Crippen molar-refractivity contribution in [2.75, 3.05) is 13.3 Å². The van der Waals surface area contributed by atoms with Gasteiger partial charge in [-0.25, -0.2) is 0 Å². The van der Waals surface area contributed by atoms with Crippen LogP contribution < -0.4 is 0 Å². The van der Waals surface area contributed by atoms with E-state index < -0.39 is 8.80 Å². The smallest absolute Gasteiger partial charge is 0.0762 e. The van der Waals surface area contributed by atoms with Crippen molar-refractivity contribution in [2.24, 2.45) is 0 Å². The Hall–Kier alpha value is -0.123. The van der Waals surface area contributed by atoms with Crippen molar-refractivity contribution in [1.82, 2.24) is 0 Å². The molecule has 1 saturated heterocycles. The number of ether oxygens (including phenoxy) is 1. The van der Waals surface area contributed by atoms with E-state index in [4.69, 9.17) is 4.74 Å². The van der Waals surface area contributed by atoms with Crippen molar-refractivity contribution in [3.05, 3.63) is 22.4 Å². The van der Waals surface area contributed by atoms with Crippen LogP contribution in [0.4, 0.5) is 0 Å². The molecule has 1 aliphatic heterocycles. The van der Waals surface area contributed by atoms with Gasteiger partial charge in [-0.3, -0.25) is 0 Å². The topological polar surface area (TPSA) is 9.23 Å². The fourth-order valence-electron chi connectivity index (χ4n) is 2.50. The Kier molecular flexibility index (Phi) is 3.79. The van der Waals surface area contributed by atoms with E-state index in [1.54, 1.807) is 4.88 Å². The molecule has 1 nitrogen and oxygen atoms in total. The second kappa shape index (κ2) is 5.10. The van der Waals surface area contributed by atoms with Crippen molar-refractivity contribution < 1.29 is 4.74 Å². The van der Waals surface area contributed by atoms with E-state index in [-0.39, 0.29) is 0 Å². The summed E-state index contributed by atoms with van der Waals surface area (Å²) in [6.45, 7) is 0. The van der Waals surface area contributed by atoms with E-state index >= 15 is 0 Å². The maximum absolute atomic E-state index is 5.38. The lowest BCUT2D eigenvalue weighted by molar-refractivity contribution is 0.245. The van der Waals surface area contributed by atoms with Crippen LogP contribution in [0.15, 0.2) is 17.5 Å². The molecule has 2 atom stereocenters. The van der Waals surface area contributed by atoms with Gasteiger partial charge in [-0.2, -0.15) is 0 Å². The fourth-order valence-corrected chi connectivity index (χ4v) is 7.40. The van der Waals surface area contributed by atoms with Crippen molar-refractivity contribution in [3.8, 4) is 0 Å². The molecule has 1 aliphatic rings. The summed E-state index contributed by atoms with van der Waals surface area (Å²) in [5, 5.41) is 2.21. The van der Waals surface area contributed by atoms with Gasteiger partial charge >= 0.3 is 0 Å². The summed E-state index contributed by atoms with van der Waals surface area (Å²) in [7, 11) is 1.21. The van der Waals surface area contributed by atoms with E-state index in [2.05, 4.69) is 17.5 Å². The average Bonchev–Trinajstić information content (AvgIpc) is 2.72. The van der Waals surface area contributed by atoms with Gasteiger partial charge in [0.05, 0.1) is 8.80 Å². The summed E-state index contributed by atoms with van der Waals surface area (Å²) in [4.78, 5) is 1.62. The van der Waals surface area contributed by atoms with E-state index in [0.717, 1.165) is 11.8 Å². The molecular formula is C11H18OSSi. The molecule has 1 aromatic heterocycles. The Morgan fingerprint density at radius 2 is 2.50 bits per heavy atom. The number of rotatable bonds is 3. The highest BCUT2D eigenvalue weighted by Crippen LogP contribution is 2.34.